The van der Waals surface area contributed by atoms with Crippen LogP contribution < -0.4 is 10.5 Å². The fourth-order valence-electron chi connectivity index (χ4n) is 1.23. The highest BCUT2D eigenvalue weighted by Crippen LogP contribution is 2.27. The summed E-state index contributed by atoms with van der Waals surface area (Å²) in [6.07, 6.45) is 0. The van der Waals surface area contributed by atoms with Crippen molar-refractivity contribution >= 4 is 5.91 Å². The Balaban J connectivity index is 2.09. The molecule has 1 saturated heterocycles. The van der Waals surface area contributed by atoms with E-state index in [0.29, 0.717) is 24.5 Å². The zero-order valence-corrected chi connectivity index (χ0v) is 8.53. The van der Waals surface area contributed by atoms with E-state index in [0.717, 1.165) is 0 Å². The molecule has 4 nitrogen and oxygen atoms in total. The van der Waals surface area contributed by atoms with Gasteiger partial charge in [0.05, 0.1) is 12.2 Å². The van der Waals surface area contributed by atoms with E-state index < -0.39 is 5.91 Å². The van der Waals surface area contributed by atoms with Gasteiger partial charge in [-0.2, -0.15) is 0 Å². The van der Waals surface area contributed by atoms with Crippen LogP contribution in [-0.4, -0.2) is 24.7 Å². The average Bonchev–Trinajstić information content (AvgIpc) is 2.95. The number of amides is 1. The Bertz CT molecular complexity index is 385. The van der Waals surface area contributed by atoms with Gasteiger partial charge >= 0.3 is 0 Å². The number of hydrogen-bond donors (Lipinski definition) is 1. The van der Waals surface area contributed by atoms with Gasteiger partial charge in [0.15, 0.2) is 0 Å². The molecule has 1 atom stereocenters. The van der Waals surface area contributed by atoms with Gasteiger partial charge in [0.1, 0.15) is 18.0 Å². The topological polar surface area (TPSA) is 64.8 Å². The molecule has 1 aliphatic rings. The molecule has 0 saturated carbocycles. The van der Waals surface area contributed by atoms with Gasteiger partial charge < -0.3 is 15.2 Å². The van der Waals surface area contributed by atoms with Gasteiger partial charge in [-0.25, -0.2) is 0 Å². The van der Waals surface area contributed by atoms with Crippen molar-refractivity contribution in [2.24, 2.45) is 5.73 Å². The number of benzene rings is 1. The third kappa shape index (κ3) is 2.27. The number of carbonyl (C=O) groups excluding carboxylic acids is 1. The first-order valence-corrected chi connectivity index (χ1v) is 4.76. The van der Waals surface area contributed by atoms with Crippen molar-refractivity contribution < 1.29 is 14.3 Å². The van der Waals surface area contributed by atoms with Crippen LogP contribution in [0.5, 0.6) is 5.75 Å². The van der Waals surface area contributed by atoms with Crippen molar-refractivity contribution in [3.8, 4) is 5.75 Å². The van der Waals surface area contributed by atoms with E-state index >= 15 is 0 Å². The summed E-state index contributed by atoms with van der Waals surface area (Å²) in [4.78, 5) is 11.1. The highest BCUT2D eigenvalue weighted by atomic mass is 16.6. The highest BCUT2D eigenvalue weighted by molar-refractivity contribution is 5.95. The maximum Gasteiger partial charge on any atom is 0.252 e. The van der Waals surface area contributed by atoms with Crippen molar-refractivity contribution in [2.45, 2.75) is 12.5 Å². The molecule has 1 aliphatic heterocycles. The highest BCUT2D eigenvalue weighted by Gasteiger charge is 2.40. The van der Waals surface area contributed by atoms with E-state index in [1.54, 1.807) is 24.3 Å². The molecule has 1 fully saturated rings. The van der Waals surface area contributed by atoms with Gasteiger partial charge in [-0.1, -0.05) is 12.1 Å². The fourth-order valence-corrected chi connectivity index (χ4v) is 1.23. The molecule has 1 heterocycles. The van der Waals surface area contributed by atoms with Crippen molar-refractivity contribution in [2.75, 3.05) is 13.2 Å². The summed E-state index contributed by atoms with van der Waals surface area (Å²) in [7, 11) is 0. The number of primary amides is 1. The smallest absolute Gasteiger partial charge is 0.252 e. The Kier molecular flexibility index (Phi) is 2.36. The van der Waals surface area contributed by atoms with Crippen LogP contribution in [0.25, 0.3) is 0 Å². The maximum absolute atomic E-state index is 11.1. The van der Waals surface area contributed by atoms with Crippen LogP contribution in [0.3, 0.4) is 0 Å². The molecule has 0 bridgehead atoms. The van der Waals surface area contributed by atoms with Crippen LogP contribution in [0.1, 0.15) is 17.3 Å². The van der Waals surface area contributed by atoms with E-state index in [9.17, 15) is 4.79 Å². The van der Waals surface area contributed by atoms with Gasteiger partial charge in [-0.05, 0) is 19.1 Å². The number of carbonyl (C=O) groups is 1. The van der Waals surface area contributed by atoms with Crippen LogP contribution in [0.4, 0.5) is 0 Å². The zero-order chi connectivity index (χ0) is 10.9. The Morgan fingerprint density at radius 2 is 2.27 bits per heavy atom. The maximum atomic E-state index is 11.1. The fraction of sp³-hybridized carbons (Fsp3) is 0.364. The van der Waals surface area contributed by atoms with Crippen molar-refractivity contribution in [1.82, 2.24) is 0 Å². The summed E-state index contributed by atoms with van der Waals surface area (Å²) >= 11 is 0. The molecule has 0 aromatic heterocycles. The van der Waals surface area contributed by atoms with Gasteiger partial charge in [0.25, 0.3) is 5.91 Å². The predicted octanol–water partition coefficient (Wildman–Crippen LogP) is 0.953. The molecule has 4 heteroatoms. The molecule has 1 amide bonds. The van der Waals surface area contributed by atoms with Gasteiger partial charge in [-0.3, -0.25) is 4.79 Å². The Hall–Kier alpha value is -1.55. The summed E-state index contributed by atoms with van der Waals surface area (Å²) in [6.45, 7) is 3.10. The molecule has 0 aliphatic carbocycles. The molecule has 80 valence electrons. The van der Waals surface area contributed by atoms with Crippen molar-refractivity contribution in [1.29, 1.82) is 0 Å². The minimum atomic E-state index is -0.479. The Labute approximate surface area is 88.0 Å². The molecule has 15 heavy (non-hydrogen) atoms. The quantitative estimate of drug-likeness (QED) is 0.747. The lowest BCUT2D eigenvalue weighted by Gasteiger charge is -2.11. The lowest BCUT2D eigenvalue weighted by molar-refractivity contribution is 0.0994. The summed E-state index contributed by atoms with van der Waals surface area (Å²) in [5.41, 5.74) is 5.43. The third-order valence-corrected chi connectivity index (χ3v) is 2.32. The second-order valence-corrected chi connectivity index (χ2v) is 3.89. The van der Waals surface area contributed by atoms with Gasteiger partial charge in [0, 0.05) is 0 Å². The van der Waals surface area contributed by atoms with Gasteiger partial charge in [0.2, 0.25) is 0 Å². The van der Waals surface area contributed by atoms with Crippen LogP contribution in [0.15, 0.2) is 24.3 Å². The van der Waals surface area contributed by atoms with E-state index in [1.807, 2.05) is 6.92 Å². The first-order valence-electron chi connectivity index (χ1n) is 4.76. The minimum absolute atomic E-state index is 0.190. The SMILES string of the molecule is CC1(COc2ccccc2C(N)=O)CO1. The number of epoxide rings is 1. The molecule has 2 rings (SSSR count). The number of rotatable bonds is 4. The Morgan fingerprint density at radius 1 is 1.60 bits per heavy atom. The minimum Gasteiger partial charge on any atom is -0.490 e. The largest absolute Gasteiger partial charge is 0.490 e. The first kappa shape index (κ1) is 9.98. The van der Waals surface area contributed by atoms with Crippen molar-refractivity contribution in [3.63, 3.8) is 0 Å². The third-order valence-electron chi connectivity index (χ3n) is 2.32. The summed E-state index contributed by atoms with van der Waals surface area (Å²) in [5.74, 6) is 0.0363. The molecule has 1 aromatic carbocycles. The molecule has 1 unspecified atom stereocenters. The molecular weight excluding hydrogens is 194 g/mol. The lowest BCUT2D eigenvalue weighted by atomic mass is 10.2. The first-order chi connectivity index (χ1) is 7.11. The van der Waals surface area contributed by atoms with E-state index in [-0.39, 0.29) is 5.60 Å². The molecule has 1 aromatic rings. The number of ether oxygens (including phenoxy) is 2. The predicted molar refractivity (Wildman–Crippen MR) is 54.8 cm³/mol. The van der Waals surface area contributed by atoms with Crippen LogP contribution in [0.2, 0.25) is 0 Å². The average molecular weight is 207 g/mol. The van der Waals surface area contributed by atoms with Crippen LogP contribution in [0, 0.1) is 0 Å². The van der Waals surface area contributed by atoms with Gasteiger partial charge in [-0.15, -0.1) is 0 Å². The zero-order valence-electron chi connectivity index (χ0n) is 8.53. The summed E-state index contributed by atoms with van der Waals surface area (Å²) in [6, 6.07) is 6.93. The molecular formula is C11H13NO3. The van der Waals surface area contributed by atoms with Crippen molar-refractivity contribution in [3.05, 3.63) is 29.8 Å². The normalized spacial score (nSPS) is 23.5. The summed E-state index contributed by atoms with van der Waals surface area (Å²) in [5, 5.41) is 0. The van der Waals surface area contributed by atoms with E-state index in [4.69, 9.17) is 15.2 Å². The monoisotopic (exact) mass is 207 g/mol. The number of nitrogens with two attached hydrogens (primary N) is 1. The number of hydrogen-bond acceptors (Lipinski definition) is 3. The van der Waals surface area contributed by atoms with Crippen LogP contribution in [-0.2, 0) is 4.74 Å². The standard InChI is InChI=1S/C11H13NO3/c1-11(7-15-11)6-14-9-5-3-2-4-8(9)10(12)13/h2-5H,6-7H2,1H3,(H2,12,13). The molecule has 2 N–H and O–H groups in total. The summed E-state index contributed by atoms with van der Waals surface area (Å²) < 4.78 is 10.7. The lowest BCUT2D eigenvalue weighted by Crippen LogP contribution is -2.19. The Morgan fingerprint density at radius 3 is 2.87 bits per heavy atom. The van der Waals surface area contributed by atoms with E-state index in [2.05, 4.69) is 0 Å². The van der Waals surface area contributed by atoms with E-state index in [1.165, 1.54) is 0 Å². The number of para-hydroxylation sites is 1. The second-order valence-electron chi connectivity index (χ2n) is 3.89. The second kappa shape index (κ2) is 3.55. The van der Waals surface area contributed by atoms with Crippen LogP contribution >= 0.6 is 0 Å². The molecule has 0 radical (unpaired) electrons. The molecule has 0 spiro atoms.